The van der Waals surface area contributed by atoms with Crippen molar-refractivity contribution in [3.05, 3.63) is 127 Å². The molecule has 6 heteroatoms. The van der Waals surface area contributed by atoms with Crippen LogP contribution in [0.5, 0.6) is 0 Å². The molecule has 1 fully saturated rings. The molecule has 8 rings (SSSR count). The summed E-state index contributed by atoms with van der Waals surface area (Å²) in [5.41, 5.74) is 7.25. The van der Waals surface area contributed by atoms with Crippen LogP contribution in [-0.2, 0) is 9.31 Å². The summed E-state index contributed by atoms with van der Waals surface area (Å²) < 4.78 is 15.5. The van der Waals surface area contributed by atoms with Crippen LogP contribution in [0.3, 0.4) is 0 Å². The molecule has 4 nitrogen and oxygen atoms in total. The van der Waals surface area contributed by atoms with Gasteiger partial charge in [-0.05, 0) is 56.4 Å². The fourth-order valence-corrected chi connectivity index (χ4v) is 7.28. The molecule has 0 aliphatic carbocycles. The molecule has 2 aromatic heterocycles. The van der Waals surface area contributed by atoms with E-state index < -0.39 is 18.3 Å². The zero-order valence-corrected chi connectivity index (χ0v) is 27.1. The number of hydrogen-bond acceptors (Lipinski definition) is 5. The molecule has 1 aliphatic rings. The van der Waals surface area contributed by atoms with E-state index in [-0.39, 0.29) is 0 Å². The second kappa shape index (κ2) is 11.0. The molecule has 0 amide bonds. The minimum Gasteiger partial charge on any atom is -0.399 e. The lowest BCUT2D eigenvalue weighted by Crippen LogP contribution is -2.41. The van der Waals surface area contributed by atoms with Crippen molar-refractivity contribution in [3.63, 3.8) is 0 Å². The summed E-state index contributed by atoms with van der Waals surface area (Å²) in [7, 11) is -0.493. The van der Waals surface area contributed by atoms with E-state index >= 15 is 0 Å². The first kappa shape index (κ1) is 28.8. The third-order valence-electron chi connectivity index (χ3n) is 9.35. The number of fused-ring (bicyclic) bond motifs is 3. The van der Waals surface area contributed by atoms with Crippen LogP contribution in [-0.4, -0.2) is 28.3 Å². The highest BCUT2D eigenvalue weighted by molar-refractivity contribution is 7.26. The third-order valence-corrected chi connectivity index (χ3v) is 10.6. The van der Waals surface area contributed by atoms with Crippen molar-refractivity contribution in [1.29, 1.82) is 0 Å². The first-order valence-corrected chi connectivity index (χ1v) is 16.5. The third kappa shape index (κ3) is 5.03. The van der Waals surface area contributed by atoms with Gasteiger partial charge in [-0.15, -0.1) is 11.3 Å². The average Bonchev–Trinajstić information content (AvgIpc) is 3.57. The Hall–Kier alpha value is -4.62. The van der Waals surface area contributed by atoms with E-state index in [9.17, 15) is 0 Å². The topological polar surface area (TPSA) is 44.2 Å². The number of hydrogen-bond donors (Lipinski definition) is 0. The Morgan fingerprint density at radius 3 is 1.80 bits per heavy atom. The minimum absolute atomic E-state index is 0.446. The smallest absolute Gasteiger partial charge is 0.399 e. The van der Waals surface area contributed by atoms with E-state index in [0.717, 1.165) is 33.5 Å². The summed E-state index contributed by atoms with van der Waals surface area (Å²) in [5.74, 6) is 0.690. The highest BCUT2D eigenvalue weighted by atomic mass is 32.1. The molecule has 1 saturated heterocycles. The normalized spacial score (nSPS) is 15.5. The lowest BCUT2D eigenvalue weighted by atomic mass is 9.77. The van der Waals surface area contributed by atoms with Crippen molar-refractivity contribution in [3.8, 4) is 45.0 Å². The summed E-state index contributed by atoms with van der Waals surface area (Å²) in [5, 5.41) is 2.40. The minimum atomic E-state index is -0.493. The second-order valence-electron chi connectivity index (χ2n) is 12.9. The SMILES string of the molecule is CC1(C)OB(c2cc(-c3cc(-c4ccc(-c5ccccc5)cc4)nc(-c4ccccc4)n3)c3sc4ccccc4c3c2)OC1(C)C. The van der Waals surface area contributed by atoms with E-state index in [0.29, 0.717) is 5.82 Å². The van der Waals surface area contributed by atoms with Gasteiger partial charge < -0.3 is 9.31 Å². The predicted octanol–water partition coefficient (Wildman–Crippen LogP) is 9.81. The fraction of sp³-hybridized carbons (Fsp3) is 0.150. The summed E-state index contributed by atoms with van der Waals surface area (Å²) >= 11 is 1.79. The van der Waals surface area contributed by atoms with Crippen molar-refractivity contribution in [1.82, 2.24) is 9.97 Å². The first-order valence-electron chi connectivity index (χ1n) is 15.7. The Labute approximate surface area is 273 Å². The molecule has 0 radical (unpaired) electrons. The molecule has 5 aromatic carbocycles. The summed E-state index contributed by atoms with van der Waals surface area (Å²) in [4.78, 5) is 10.3. The maximum atomic E-state index is 6.56. The summed E-state index contributed by atoms with van der Waals surface area (Å²) in [6.07, 6.45) is 0. The van der Waals surface area contributed by atoms with Crippen molar-refractivity contribution < 1.29 is 9.31 Å². The van der Waals surface area contributed by atoms with Crippen LogP contribution in [0, 0.1) is 0 Å². The summed E-state index contributed by atoms with van der Waals surface area (Å²) in [6.45, 7) is 8.38. The molecule has 0 unspecified atom stereocenters. The van der Waals surface area contributed by atoms with Crippen molar-refractivity contribution in [2.24, 2.45) is 0 Å². The number of benzene rings is 5. The molecular formula is C40H33BN2O2S. The Balaban J connectivity index is 1.33. The van der Waals surface area contributed by atoms with Crippen molar-refractivity contribution in [2.75, 3.05) is 0 Å². The molecule has 224 valence electrons. The van der Waals surface area contributed by atoms with Crippen LogP contribution in [0.1, 0.15) is 27.7 Å². The standard InChI is InChI=1S/C40H33BN2O2S/c1-39(2)40(3,4)45-41(44-39)30-23-32-31-17-11-12-18-36(31)46-37(32)33(24-30)35-25-34(42-38(43-35)29-15-9-6-10-16-29)28-21-19-27(20-22-28)26-13-7-5-8-14-26/h5-25H,1-4H3. The second-order valence-corrected chi connectivity index (χ2v) is 14.0. The Bertz CT molecular complexity index is 2190. The lowest BCUT2D eigenvalue weighted by molar-refractivity contribution is 0.00578. The molecule has 0 spiro atoms. The fourth-order valence-electron chi connectivity index (χ4n) is 6.07. The molecule has 0 bridgehead atoms. The molecule has 7 aromatic rings. The monoisotopic (exact) mass is 616 g/mol. The van der Waals surface area contributed by atoms with Gasteiger partial charge in [0.1, 0.15) is 0 Å². The van der Waals surface area contributed by atoms with Gasteiger partial charge in [-0.25, -0.2) is 9.97 Å². The van der Waals surface area contributed by atoms with Crippen LogP contribution in [0.4, 0.5) is 0 Å². The number of aromatic nitrogens is 2. The molecule has 0 atom stereocenters. The number of thiophene rings is 1. The predicted molar refractivity (Wildman–Crippen MR) is 192 cm³/mol. The Morgan fingerprint density at radius 2 is 1.11 bits per heavy atom. The lowest BCUT2D eigenvalue weighted by Gasteiger charge is -2.32. The molecule has 46 heavy (non-hydrogen) atoms. The number of rotatable bonds is 5. The maximum absolute atomic E-state index is 6.56. The van der Waals surface area contributed by atoms with Gasteiger partial charge in [-0.2, -0.15) is 0 Å². The van der Waals surface area contributed by atoms with Gasteiger partial charge in [0.25, 0.3) is 0 Å². The van der Waals surface area contributed by atoms with Crippen LogP contribution < -0.4 is 5.46 Å². The van der Waals surface area contributed by atoms with Crippen LogP contribution in [0.15, 0.2) is 127 Å². The Kier molecular flexibility index (Phi) is 6.91. The van der Waals surface area contributed by atoms with Crippen LogP contribution >= 0.6 is 11.3 Å². The van der Waals surface area contributed by atoms with Gasteiger partial charge in [0.05, 0.1) is 22.6 Å². The van der Waals surface area contributed by atoms with E-state index in [1.807, 2.05) is 24.3 Å². The van der Waals surface area contributed by atoms with Gasteiger partial charge >= 0.3 is 7.12 Å². The van der Waals surface area contributed by atoms with E-state index in [1.54, 1.807) is 11.3 Å². The van der Waals surface area contributed by atoms with Gasteiger partial charge in [-0.3, -0.25) is 0 Å². The van der Waals surface area contributed by atoms with Crippen molar-refractivity contribution in [2.45, 2.75) is 38.9 Å². The van der Waals surface area contributed by atoms with Crippen LogP contribution in [0.25, 0.3) is 65.2 Å². The largest absolute Gasteiger partial charge is 0.494 e. The number of nitrogens with zero attached hydrogens (tertiary/aromatic N) is 2. The Morgan fingerprint density at radius 1 is 0.543 bits per heavy atom. The molecule has 1 aliphatic heterocycles. The van der Waals surface area contributed by atoms with E-state index in [1.165, 1.54) is 31.3 Å². The quantitative estimate of drug-likeness (QED) is 0.181. The van der Waals surface area contributed by atoms with Gasteiger partial charge in [0.2, 0.25) is 0 Å². The van der Waals surface area contributed by atoms with E-state index in [2.05, 4.69) is 131 Å². The maximum Gasteiger partial charge on any atom is 0.494 e. The molecule has 0 N–H and O–H groups in total. The highest BCUT2D eigenvalue weighted by Gasteiger charge is 2.51. The van der Waals surface area contributed by atoms with Gasteiger partial charge in [-0.1, -0.05) is 115 Å². The molecule has 3 heterocycles. The van der Waals surface area contributed by atoms with Crippen molar-refractivity contribution >= 4 is 44.1 Å². The van der Waals surface area contributed by atoms with Gasteiger partial charge in [0, 0.05) is 36.9 Å². The highest BCUT2D eigenvalue weighted by Crippen LogP contribution is 2.42. The van der Waals surface area contributed by atoms with Gasteiger partial charge in [0.15, 0.2) is 5.82 Å². The first-order chi connectivity index (χ1) is 22.3. The molecular weight excluding hydrogens is 583 g/mol. The zero-order valence-electron chi connectivity index (χ0n) is 26.3. The van der Waals surface area contributed by atoms with Crippen LogP contribution in [0.2, 0.25) is 0 Å². The van der Waals surface area contributed by atoms with E-state index in [4.69, 9.17) is 19.3 Å². The summed E-state index contributed by atoms with van der Waals surface area (Å²) in [6, 6.07) is 44.4. The zero-order chi connectivity index (χ0) is 31.5. The molecule has 0 saturated carbocycles. The average molecular weight is 617 g/mol.